The lowest BCUT2D eigenvalue weighted by Gasteiger charge is -2.28. The summed E-state index contributed by atoms with van der Waals surface area (Å²) in [4.78, 5) is 25.0. The van der Waals surface area contributed by atoms with Crippen molar-refractivity contribution >= 4 is 27.0 Å². The van der Waals surface area contributed by atoms with Crippen molar-refractivity contribution < 1.29 is 17.9 Å². The summed E-state index contributed by atoms with van der Waals surface area (Å²) in [5, 5.41) is 0. The van der Waals surface area contributed by atoms with Crippen molar-refractivity contribution in [1.29, 1.82) is 0 Å². The van der Waals surface area contributed by atoms with Crippen molar-refractivity contribution in [1.82, 2.24) is 19.3 Å². The van der Waals surface area contributed by atoms with Crippen LogP contribution in [0.2, 0.25) is 0 Å². The van der Waals surface area contributed by atoms with Gasteiger partial charge in [0.1, 0.15) is 17.9 Å². The Balaban J connectivity index is 1.42. The summed E-state index contributed by atoms with van der Waals surface area (Å²) in [7, 11) is -2.20. The third kappa shape index (κ3) is 12.4. The summed E-state index contributed by atoms with van der Waals surface area (Å²) >= 11 is 0. The molecule has 0 saturated carbocycles. The quantitative estimate of drug-likeness (QED) is 0.0809. The van der Waals surface area contributed by atoms with Crippen molar-refractivity contribution in [3.8, 4) is 0 Å². The highest BCUT2D eigenvalue weighted by Crippen LogP contribution is 2.23. The second-order valence-corrected chi connectivity index (χ2v) is 15.3. The van der Waals surface area contributed by atoms with Crippen LogP contribution in [0.3, 0.4) is 0 Å². The molecule has 8 nitrogen and oxygen atoms in total. The minimum atomic E-state index is -3.79. The average molecular weight is 655 g/mol. The fourth-order valence-corrected chi connectivity index (χ4v) is 7.34. The Labute approximate surface area is 278 Å². The molecule has 0 unspecified atom stereocenters. The van der Waals surface area contributed by atoms with Gasteiger partial charge in [0.15, 0.2) is 0 Å². The maximum atomic E-state index is 13.6. The summed E-state index contributed by atoms with van der Waals surface area (Å²) < 4.78 is 34.2. The molecular formula is C37H58N4O4S. The van der Waals surface area contributed by atoms with Gasteiger partial charge in [-0.15, -0.1) is 0 Å². The third-order valence-electron chi connectivity index (χ3n) is 8.75. The van der Waals surface area contributed by atoms with Crippen molar-refractivity contribution in [2.75, 3.05) is 13.7 Å². The maximum absolute atomic E-state index is 13.6. The number of nitrogens with one attached hydrogen (secondary N) is 1. The third-order valence-corrected chi connectivity index (χ3v) is 10.7. The number of aromatic nitrogens is 3. The summed E-state index contributed by atoms with van der Waals surface area (Å²) in [6.07, 6.45) is 19.6. The molecule has 1 N–H and O–H groups in total. The van der Waals surface area contributed by atoms with Gasteiger partial charge in [-0.3, -0.25) is 9.78 Å². The average Bonchev–Trinajstić information content (AvgIpc) is 3.42. The number of nitrogens with zero attached hydrogens (tertiary/aromatic N) is 3. The monoisotopic (exact) mass is 654 g/mol. The molecule has 0 aliphatic heterocycles. The molecule has 0 saturated heterocycles. The highest BCUT2D eigenvalue weighted by Gasteiger charge is 2.29. The topological polar surface area (TPSA) is 105 Å². The Hall–Kier alpha value is -2.78. The second-order valence-electron chi connectivity index (χ2n) is 13.3. The predicted octanol–water partition coefficient (Wildman–Crippen LogP) is 8.92. The fraction of sp³-hybridized carbons (Fsp3) is 0.649. The Kier molecular flexibility index (Phi) is 16.2. The van der Waals surface area contributed by atoms with Crippen LogP contribution in [0.5, 0.6) is 0 Å². The number of fused-ring (bicyclic) bond motifs is 1. The van der Waals surface area contributed by atoms with E-state index in [4.69, 9.17) is 4.74 Å². The molecule has 0 amide bonds. The van der Waals surface area contributed by atoms with Crippen LogP contribution < -0.4 is 0 Å². The van der Waals surface area contributed by atoms with Gasteiger partial charge in [0, 0.05) is 26.1 Å². The Morgan fingerprint density at radius 3 is 2.07 bits per heavy atom. The highest BCUT2D eigenvalue weighted by atomic mass is 32.2. The molecule has 0 bridgehead atoms. The van der Waals surface area contributed by atoms with Gasteiger partial charge in [0.25, 0.3) is 0 Å². The number of pyridine rings is 1. The number of rotatable bonds is 23. The first-order valence-electron chi connectivity index (χ1n) is 17.6. The van der Waals surface area contributed by atoms with E-state index < -0.39 is 16.1 Å². The van der Waals surface area contributed by atoms with E-state index >= 15 is 0 Å². The van der Waals surface area contributed by atoms with E-state index in [0.717, 1.165) is 47.4 Å². The van der Waals surface area contributed by atoms with Gasteiger partial charge in [-0.1, -0.05) is 110 Å². The minimum absolute atomic E-state index is 0.0576. The number of imidazole rings is 1. The molecular weight excluding hydrogens is 596 g/mol. The van der Waals surface area contributed by atoms with Crippen LogP contribution in [0.15, 0.2) is 41.4 Å². The summed E-state index contributed by atoms with van der Waals surface area (Å²) in [5.74, 6) is 0.823. The van der Waals surface area contributed by atoms with Crippen LogP contribution in [0, 0.1) is 12.8 Å². The summed E-state index contributed by atoms with van der Waals surface area (Å²) in [6, 6.07) is 8.40. The van der Waals surface area contributed by atoms with E-state index in [-0.39, 0.29) is 23.4 Å². The van der Waals surface area contributed by atoms with E-state index in [2.05, 4.69) is 21.9 Å². The van der Waals surface area contributed by atoms with E-state index in [1.54, 1.807) is 25.4 Å². The normalized spacial score (nSPS) is 12.8. The lowest BCUT2D eigenvalue weighted by Crippen LogP contribution is -2.41. The van der Waals surface area contributed by atoms with Crippen molar-refractivity contribution in [2.45, 2.75) is 141 Å². The number of aryl methyl sites for hydroxylation is 1. The number of carbonyl (C=O) groups is 1. The second kappa shape index (κ2) is 19.8. The number of carbonyl (C=O) groups excluding carboxylic acids is 1. The number of hydrogen-bond acceptors (Lipinski definition) is 6. The molecule has 2 aromatic heterocycles. The fourth-order valence-electron chi connectivity index (χ4n) is 5.99. The number of likely N-dealkylation sites (N-methyl/N-ethyl adjacent to an activating group) is 1. The van der Waals surface area contributed by atoms with Crippen LogP contribution in [-0.4, -0.2) is 53.3 Å². The molecule has 3 rings (SSSR count). The van der Waals surface area contributed by atoms with E-state index in [1.807, 2.05) is 39.0 Å². The Morgan fingerprint density at radius 1 is 0.891 bits per heavy atom. The molecule has 46 heavy (non-hydrogen) atoms. The van der Waals surface area contributed by atoms with Crippen molar-refractivity contribution in [2.24, 2.45) is 5.92 Å². The minimum Gasteiger partial charge on any atom is -0.464 e. The zero-order chi connectivity index (χ0) is 33.4. The first-order chi connectivity index (χ1) is 22.1. The van der Waals surface area contributed by atoms with E-state index in [0.29, 0.717) is 19.3 Å². The number of hydrogen-bond donors (Lipinski definition) is 1. The van der Waals surface area contributed by atoms with Crippen LogP contribution in [0.1, 0.15) is 134 Å². The smallest absolute Gasteiger partial charge is 0.305 e. The predicted molar refractivity (Wildman–Crippen MR) is 187 cm³/mol. The number of unbranched alkanes of at least 4 members (excludes halogenated alkanes) is 12. The number of ether oxygens (including phenoxy) is 1. The van der Waals surface area contributed by atoms with E-state index in [9.17, 15) is 13.2 Å². The molecule has 256 valence electrons. The van der Waals surface area contributed by atoms with Crippen LogP contribution in [0.4, 0.5) is 0 Å². The van der Waals surface area contributed by atoms with Gasteiger partial charge >= 0.3 is 5.97 Å². The zero-order valence-corrected chi connectivity index (χ0v) is 29.8. The lowest BCUT2D eigenvalue weighted by atomic mass is 10.0. The highest BCUT2D eigenvalue weighted by molar-refractivity contribution is 7.89. The van der Waals surface area contributed by atoms with Crippen LogP contribution >= 0.6 is 0 Å². The first kappa shape index (κ1) is 37.7. The molecule has 0 fully saturated rings. The molecule has 0 radical (unpaired) electrons. The van der Waals surface area contributed by atoms with Crippen molar-refractivity contribution in [3.05, 3.63) is 53.6 Å². The van der Waals surface area contributed by atoms with Gasteiger partial charge in [-0.05, 0) is 49.4 Å². The number of H-pyrrole nitrogens is 1. The number of benzene rings is 1. The first-order valence-corrected chi connectivity index (χ1v) is 19.1. The van der Waals surface area contributed by atoms with Gasteiger partial charge in [0.2, 0.25) is 10.0 Å². The largest absolute Gasteiger partial charge is 0.464 e. The van der Waals surface area contributed by atoms with Crippen LogP contribution in [0.25, 0.3) is 11.0 Å². The Bertz CT molecular complexity index is 1420. The van der Waals surface area contributed by atoms with Crippen molar-refractivity contribution in [3.63, 3.8) is 0 Å². The van der Waals surface area contributed by atoms with Gasteiger partial charge < -0.3 is 9.72 Å². The number of aromatic amines is 1. The molecule has 9 heteroatoms. The van der Waals surface area contributed by atoms with Gasteiger partial charge in [0.05, 0.1) is 22.1 Å². The van der Waals surface area contributed by atoms with Gasteiger partial charge in [-0.25, -0.2) is 13.4 Å². The molecule has 3 aromatic rings. The number of sulfonamides is 1. The summed E-state index contributed by atoms with van der Waals surface area (Å²) in [5.41, 5.74) is 3.55. The SMILES string of the molecule is CCCCCCCCCCCCCCCC(=O)OC[C@H](CC(C)C)N(C)S(=O)(=O)c1ccc(Cc2nccc3[nH]c(C)nc23)cc1. The maximum Gasteiger partial charge on any atom is 0.305 e. The zero-order valence-electron chi connectivity index (χ0n) is 29.0. The Morgan fingerprint density at radius 2 is 1.48 bits per heavy atom. The molecule has 1 atom stereocenters. The lowest BCUT2D eigenvalue weighted by molar-refractivity contribution is -0.145. The summed E-state index contributed by atoms with van der Waals surface area (Å²) in [6.45, 7) is 8.32. The van der Waals surface area contributed by atoms with Crippen LogP contribution in [-0.2, 0) is 26.0 Å². The molecule has 1 aromatic carbocycles. The number of esters is 1. The molecule has 2 heterocycles. The van der Waals surface area contributed by atoms with Gasteiger partial charge in [-0.2, -0.15) is 4.31 Å². The van der Waals surface area contributed by atoms with E-state index in [1.165, 1.54) is 68.5 Å². The molecule has 0 spiro atoms. The molecule has 0 aliphatic carbocycles. The standard InChI is InChI=1S/C37H58N4O4S/c1-6-7-8-9-10-11-12-13-14-15-16-17-18-19-36(42)45-28-32(26-29(2)3)41(5)46(43,44)33-22-20-31(21-23-33)27-35-37-34(24-25-38-35)39-30(4)40-37/h20-25,29,32H,6-19,26-28H2,1-5H3,(H,39,40)/t32-/m0/s1. The molecule has 0 aliphatic rings.